The largest absolute Gasteiger partial charge is 0.457 e. The first-order valence-corrected chi connectivity index (χ1v) is 8.59. The molecule has 6 nitrogen and oxygen atoms in total. The Labute approximate surface area is 162 Å². The summed E-state index contributed by atoms with van der Waals surface area (Å²) in [6.45, 7) is 1.96. The van der Waals surface area contributed by atoms with E-state index in [0.29, 0.717) is 22.7 Å². The van der Waals surface area contributed by atoms with Gasteiger partial charge < -0.3 is 15.8 Å². The number of ether oxygens (including phenoxy) is 1. The fourth-order valence-electron chi connectivity index (χ4n) is 2.43. The van der Waals surface area contributed by atoms with Crippen LogP contribution in [0.15, 0.2) is 73.1 Å². The average molecular weight is 373 g/mol. The minimum absolute atomic E-state index is 0.237. The van der Waals surface area contributed by atoms with Crippen LogP contribution in [0.25, 0.3) is 6.08 Å². The van der Waals surface area contributed by atoms with Gasteiger partial charge in [-0.1, -0.05) is 0 Å². The summed E-state index contributed by atoms with van der Waals surface area (Å²) in [7, 11) is 0. The number of carbonyl (C=O) groups is 2. The molecule has 140 valence electrons. The zero-order valence-corrected chi connectivity index (χ0v) is 15.3. The van der Waals surface area contributed by atoms with Gasteiger partial charge in [-0.25, -0.2) is 0 Å². The molecule has 3 rings (SSSR count). The lowest BCUT2D eigenvalue weighted by molar-refractivity contribution is -0.111. The van der Waals surface area contributed by atoms with Gasteiger partial charge >= 0.3 is 0 Å². The lowest BCUT2D eigenvalue weighted by atomic mass is 10.1. The molecule has 0 saturated heterocycles. The molecule has 0 aliphatic carbocycles. The van der Waals surface area contributed by atoms with Crippen molar-refractivity contribution in [1.82, 2.24) is 4.98 Å². The van der Waals surface area contributed by atoms with Crippen LogP contribution in [0.4, 0.5) is 5.69 Å². The highest BCUT2D eigenvalue weighted by Crippen LogP contribution is 2.23. The Kier molecular flexibility index (Phi) is 5.81. The first kappa shape index (κ1) is 18.8. The molecule has 0 fully saturated rings. The summed E-state index contributed by atoms with van der Waals surface area (Å²) in [4.78, 5) is 27.2. The van der Waals surface area contributed by atoms with Gasteiger partial charge in [0.05, 0.1) is 0 Å². The summed E-state index contributed by atoms with van der Waals surface area (Å²) in [5.74, 6) is 0.459. The third-order valence-electron chi connectivity index (χ3n) is 3.99. The summed E-state index contributed by atoms with van der Waals surface area (Å²) >= 11 is 0. The zero-order valence-electron chi connectivity index (χ0n) is 15.3. The number of aromatic nitrogens is 1. The number of hydrogen-bond donors (Lipinski definition) is 2. The topological polar surface area (TPSA) is 94.3 Å². The standard InChI is InChI=1S/C22H19N3O3/c1-15-12-13-24-14-17(15)4-11-21(26)25-18-5-9-20(10-6-18)28-19-7-2-16(3-8-19)22(23)27/h2-14H,1H3,(H2,23,27)(H,25,26)/b11-4+. The van der Waals surface area contributed by atoms with Crippen molar-refractivity contribution in [3.63, 3.8) is 0 Å². The predicted molar refractivity (Wildman–Crippen MR) is 108 cm³/mol. The van der Waals surface area contributed by atoms with E-state index in [2.05, 4.69) is 10.3 Å². The Bertz CT molecular complexity index is 1010. The number of pyridine rings is 1. The molecule has 2 aromatic carbocycles. The van der Waals surface area contributed by atoms with Gasteiger partial charge in [-0.15, -0.1) is 0 Å². The smallest absolute Gasteiger partial charge is 0.248 e. The van der Waals surface area contributed by atoms with Crippen LogP contribution in [-0.4, -0.2) is 16.8 Å². The highest BCUT2D eigenvalue weighted by Gasteiger charge is 2.03. The van der Waals surface area contributed by atoms with Crippen LogP contribution in [0.1, 0.15) is 21.5 Å². The van der Waals surface area contributed by atoms with Crippen LogP contribution in [0.5, 0.6) is 11.5 Å². The number of rotatable bonds is 6. The minimum Gasteiger partial charge on any atom is -0.457 e. The molecule has 0 spiro atoms. The minimum atomic E-state index is -0.487. The molecule has 0 unspecified atom stereocenters. The molecule has 1 heterocycles. The fourth-order valence-corrected chi connectivity index (χ4v) is 2.43. The van der Waals surface area contributed by atoms with Crippen LogP contribution in [0, 0.1) is 6.92 Å². The van der Waals surface area contributed by atoms with Crippen LogP contribution in [-0.2, 0) is 4.79 Å². The number of amides is 2. The first-order chi connectivity index (χ1) is 13.5. The molecule has 0 saturated carbocycles. The van der Waals surface area contributed by atoms with Gasteiger partial charge in [-0.3, -0.25) is 14.6 Å². The summed E-state index contributed by atoms with van der Waals surface area (Å²) < 4.78 is 5.71. The number of aryl methyl sites for hydroxylation is 1. The Morgan fingerprint density at radius 2 is 1.64 bits per heavy atom. The van der Waals surface area contributed by atoms with Crippen LogP contribution < -0.4 is 15.8 Å². The lowest BCUT2D eigenvalue weighted by Gasteiger charge is -2.07. The van der Waals surface area contributed by atoms with Crippen molar-refractivity contribution in [2.75, 3.05) is 5.32 Å². The first-order valence-electron chi connectivity index (χ1n) is 8.59. The second-order valence-corrected chi connectivity index (χ2v) is 6.07. The number of nitrogens with one attached hydrogen (secondary N) is 1. The Hall–Kier alpha value is -3.93. The summed E-state index contributed by atoms with van der Waals surface area (Å²) in [5.41, 5.74) is 8.21. The van der Waals surface area contributed by atoms with Gasteiger partial charge in [0.25, 0.3) is 0 Å². The SMILES string of the molecule is Cc1ccncc1/C=C/C(=O)Nc1ccc(Oc2ccc(C(N)=O)cc2)cc1. The van der Waals surface area contributed by atoms with Gasteiger partial charge in [0.1, 0.15) is 11.5 Å². The number of primary amides is 1. The lowest BCUT2D eigenvalue weighted by Crippen LogP contribution is -2.10. The van der Waals surface area contributed by atoms with Gasteiger partial charge in [0.15, 0.2) is 0 Å². The molecule has 0 aliphatic heterocycles. The van der Waals surface area contributed by atoms with E-state index >= 15 is 0 Å². The maximum Gasteiger partial charge on any atom is 0.248 e. The normalized spacial score (nSPS) is 10.6. The van der Waals surface area contributed by atoms with Crippen molar-refractivity contribution in [3.8, 4) is 11.5 Å². The highest BCUT2D eigenvalue weighted by atomic mass is 16.5. The monoisotopic (exact) mass is 373 g/mol. The van der Waals surface area contributed by atoms with Crippen molar-refractivity contribution in [2.24, 2.45) is 5.73 Å². The molecule has 0 atom stereocenters. The number of hydrogen-bond acceptors (Lipinski definition) is 4. The molecule has 1 aromatic heterocycles. The number of nitrogens with two attached hydrogens (primary N) is 1. The maximum atomic E-state index is 12.1. The number of carbonyl (C=O) groups excluding carboxylic acids is 2. The maximum absolute atomic E-state index is 12.1. The van der Waals surface area contributed by atoms with E-state index in [9.17, 15) is 9.59 Å². The average Bonchev–Trinajstić information content (AvgIpc) is 2.69. The Balaban J connectivity index is 1.58. The third-order valence-corrected chi connectivity index (χ3v) is 3.99. The summed E-state index contributed by atoms with van der Waals surface area (Å²) in [6, 6.07) is 15.4. The Morgan fingerprint density at radius 1 is 1.00 bits per heavy atom. The van der Waals surface area contributed by atoms with Crippen molar-refractivity contribution >= 4 is 23.6 Å². The van der Waals surface area contributed by atoms with E-state index in [1.165, 1.54) is 6.08 Å². The molecule has 0 radical (unpaired) electrons. The molecule has 6 heteroatoms. The second kappa shape index (κ2) is 8.64. The zero-order chi connectivity index (χ0) is 19.9. The molecule has 2 amide bonds. The molecule has 3 aromatic rings. The van der Waals surface area contributed by atoms with Gasteiger partial charge in [-0.2, -0.15) is 0 Å². The van der Waals surface area contributed by atoms with E-state index in [-0.39, 0.29) is 5.91 Å². The molecule has 28 heavy (non-hydrogen) atoms. The van der Waals surface area contributed by atoms with E-state index < -0.39 is 5.91 Å². The van der Waals surface area contributed by atoms with Crippen molar-refractivity contribution in [1.29, 1.82) is 0 Å². The van der Waals surface area contributed by atoms with Crippen LogP contribution in [0.2, 0.25) is 0 Å². The van der Waals surface area contributed by atoms with E-state index in [0.717, 1.165) is 11.1 Å². The Morgan fingerprint density at radius 3 is 2.25 bits per heavy atom. The number of nitrogens with zero attached hydrogens (tertiary/aromatic N) is 1. The fraction of sp³-hybridized carbons (Fsp3) is 0.0455. The van der Waals surface area contributed by atoms with E-state index in [4.69, 9.17) is 10.5 Å². The van der Waals surface area contributed by atoms with Gasteiger partial charge in [0.2, 0.25) is 11.8 Å². The van der Waals surface area contributed by atoms with Gasteiger partial charge in [0, 0.05) is 29.7 Å². The molecule has 0 bridgehead atoms. The van der Waals surface area contributed by atoms with Gasteiger partial charge in [-0.05, 0) is 78.7 Å². The number of benzene rings is 2. The summed E-state index contributed by atoms with van der Waals surface area (Å²) in [5, 5.41) is 2.79. The van der Waals surface area contributed by atoms with E-state index in [1.54, 1.807) is 67.0 Å². The van der Waals surface area contributed by atoms with Crippen LogP contribution >= 0.6 is 0 Å². The molecule has 0 aliphatic rings. The van der Waals surface area contributed by atoms with Crippen molar-refractivity contribution in [2.45, 2.75) is 6.92 Å². The highest BCUT2D eigenvalue weighted by molar-refractivity contribution is 6.02. The molecule has 3 N–H and O–H groups in total. The van der Waals surface area contributed by atoms with E-state index in [1.807, 2.05) is 13.0 Å². The quantitative estimate of drug-likeness (QED) is 0.640. The van der Waals surface area contributed by atoms with Crippen LogP contribution in [0.3, 0.4) is 0 Å². The predicted octanol–water partition coefficient (Wildman–Crippen LogP) is 3.93. The summed E-state index contributed by atoms with van der Waals surface area (Å²) in [6.07, 6.45) is 6.61. The molecular formula is C22H19N3O3. The number of anilines is 1. The second-order valence-electron chi connectivity index (χ2n) is 6.07. The van der Waals surface area contributed by atoms with Crippen molar-refractivity contribution in [3.05, 3.63) is 89.8 Å². The van der Waals surface area contributed by atoms with Crippen molar-refractivity contribution < 1.29 is 14.3 Å². The molecular weight excluding hydrogens is 354 g/mol. The third kappa shape index (κ3) is 5.04.